The fourth-order valence-electron chi connectivity index (χ4n) is 2.50. The van der Waals surface area contributed by atoms with E-state index in [0.717, 1.165) is 6.07 Å². The van der Waals surface area contributed by atoms with Crippen molar-refractivity contribution in [2.75, 3.05) is 0 Å². The quantitative estimate of drug-likeness (QED) is 0.869. The molecule has 0 saturated heterocycles. The molecule has 1 atom stereocenters. The van der Waals surface area contributed by atoms with E-state index < -0.39 is 23.1 Å². The van der Waals surface area contributed by atoms with Crippen LogP contribution in [0.3, 0.4) is 0 Å². The summed E-state index contributed by atoms with van der Waals surface area (Å²) in [6.45, 7) is 5.46. The van der Waals surface area contributed by atoms with Crippen LogP contribution in [0.4, 0.5) is 4.39 Å². The first-order valence-electron chi connectivity index (χ1n) is 7.81. The van der Waals surface area contributed by atoms with Crippen molar-refractivity contribution >= 4 is 11.7 Å². The summed E-state index contributed by atoms with van der Waals surface area (Å²) in [5.74, 6) is -1.54. The average molecular weight is 341 g/mol. The number of carbonyl (C=O) groups excluding carboxylic acids is 2. The Labute approximate surface area is 146 Å². The van der Waals surface area contributed by atoms with Gasteiger partial charge in [0.25, 0.3) is 5.91 Å². The van der Waals surface area contributed by atoms with E-state index in [0.29, 0.717) is 5.69 Å². The van der Waals surface area contributed by atoms with Gasteiger partial charge in [-0.1, -0.05) is 20.8 Å². The minimum Gasteiger partial charge on any atom is -0.347 e. The van der Waals surface area contributed by atoms with Gasteiger partial charge in [0.05, 0.1) is 11.6 Å². The topological polar surface area (TPSA) is 74.9 Å². The number of nitriles is 1. The molecule has 1 amide bonds. The van der Waals surface area contributed by atoms with Crippen LogP contribution in [-0.2, 0) is 7.05 Å². The van der Waals surface area contributed by atoms with Crippen molar-refractivity contribution in [1.82, 2.24) is 9.88 Å². The fraction of sp³-hybridized carbons (Fsp3) is 0.316. The highest BCUT2D eigenvalue weighted by molar-refractivity contribution is 6.04. The largest absolute Gasteiger partial charge is 0.347 e. The van der Waals surface area contributed by atoms with Gasteiger partial charge in [0.15, 0.2) is 5.78 Å². The van der Waals surface area contributed by atoms with Gasteiger partial charge >= 0.3 is 0 Å². The van der Waals surface area contributed by atoms with Gasteiger partial charge in [-0.15, -0.1) is 0 Å². The highest BCUT2D eigenvalue weighted by atomic mass is 19.1. The van der Waals surface area contributed by atoms with E-state index in [1.807, 2.05) is 20.8 Å². The predicted molar refractivity (Wildman–Crippen MR) is 91.6 cm³/mol. The summed E-state index contributed by atoms with van der Waals surface area (Å²) < 4.78 is 15.5. The van der Waals surface area contributed by atoms with Crippen LogP contribution in [0.1, 0.15) is 47.2 Å². The first-order valence-corrected chi connectivity index (χ1v) is 7.81. The Hall–Kier alpha value is -2.94. The number of aryl methyl sites for hydroxylation is 1. The van der Waals surface area contributed by atoms with Crippen LogP contribution in [0, 0.1) is 22.6 Å². The number of carbonyl (C=O) groups is 2. The summed E-state index contributed by atoms with van der Waals surface area (Å²) >= 11 is 0. The number of aromatic nitrogens is 1. The lowest BCUT2D eigenvalue weighted by Crippen LogP contribution is -2.49. The Morgan fingerprint density at radius 2 is 1.96 bits per heavy atom. The standard InChI is InChI=1S/C19H20FN3O2/c1-19(2,3)17(22-18(25)15-6-5-9-23(15)4)16(24)12-7-8-13(11-21)14(20)10-12/h5-10,17H,1-4H3,(H,22,25). The third kappa shape index (κ3) is 3.94. The van der Waals surface area contributed by atoms with Crippen LogP contribution >= 0.6 is 0 Å². The molecule has 1 heterocycles. The number of benzene rings is 1. The van der Waals surface area contributed by atoms with Crippen molar-refractivity contribution in [2.24, 2.45) is 12.5 Å². The Bertz CT molecular complexity index is 856. The summed E-state index contributed by atoms with van der Waals surface area (Å²) in [6, 6.07) is 7.96. The van der Waals surface area contributed by atoms with Crippen molar-refractivity contribution in [3.63, 3.8) is 0 Å². The second-order valence-corrected chi connectivity index (χ2v) is 6.95. The lowest BCUT2D eigenvalue weighted by Gasteiger charge is -2.30. The van der Waals surface area contributed by atoms with E-state index in [-0.39, 0.29) is 17.0 Å². The van der Waals surface area contributed by atoms with Gasteiger partial charge in [0, 0.05) is 18.8 Å². The van der Waals surface area contributed by atoms with Crippen molar-refractivity contribution in [3.8, 4) is 6.07 Å². The number of Topliss-reactive ketones (excluding diaryl/α,β-unsaturated/α-hetero) is 1. The molecule has 0 fully saturated rings. The maximum atomic E-state index is 13.8. The molecular weight excluding hydrogens is 321 g/mol. The van der Waals surface area contributed by atoms with Crippen molar-refractivity contribution in [3.05, 3.63) is 59.2 Å². The van der Waals surface area contributed by atoms with Crippen LogP contribution in [0.15, 0.2) is 36.5 Å². The van der Waals surface area contributed by atoms with Gasteiger partial charge in [-0.3, -0.25) is 9.59 Å². The Balaban J connectivity index is 2.33. The molecule has 2 aromatic rings. The normalized spacial score (nSPS) is 12.3. The summed E-state index contributed by atoms with van der Waals surface area (Å²) in [7, 11) is 1.73. The molecule has 2 rings (SSSR count). The molecule has 6 heteroatoms. The van der Waals surface area contributed by atoms with Crippen molar-refractivity contribution < 1.29 is 14.0 Å². The zero-order chi connectivity index (χ0) is 18.8. The Kier molecular flexibility index (Phi) is 5.07. The number of nitrogens with one attached hydrogen (secondary N) is 1. The van der Waals surface area contributed by atoms with E-state index in [9.17, 15) is 14.0 Å². The molecule has 1 aromatic carbocycles. The van der Waals surface area contributed by atoms with Gasteiger partial charge < -0.3 is 9.88 Å². The van der Waals surface area contributed by atoms with E-state index in [1.54, 1.807) is 36.0 Å². The van der Waals surface area contributed by atoms with E-state index >= 15 is 0 Å². The summed E-state index contributed by atoms with van der Waals surface area (Å²) in [6.07, 6.45) is 1.73. The van der Waals surface area contributed by atoms with Gasteiger partial charge in [-0.25, -0.2) is 4.39 Å². The minimum absolute atomic E-state index is 0.114. The number of amides is 1. The predicted octanol–water partition coefficient (Wildman–Crippen LogP) is 3.06. The molecule has 0 aliphatic rings. The second kappa shape index (κ2) is 6.89. The number of nitrogens with zero attached hydrogens (tertiary/aromatic N) is 2. The molecule has 0 aliphatic carbocycles. The monoisotopic (exact) mass is 341 g/mol. The van der Waals surface area contributed by atoms with Crippen LogP contribution in [0.25, 0.3) is 0 Å². The number of halogens is 1. The smallest absolute Gasteiger partial charge is 0.268 e. The molecule has 0 spiro atoms. The molecule has 0 bridgehead atoms. The third-order valence-electron chi connectivity index (χ3n) is 3.95. The van der Waals surface area contributed by atoms with E-state index in [4.69, 9.17) is 5.26 Å². The second-order valence-electron chi connectivity index (χ2n) is 6.95. The highest BCUT2D eigenvalue weighted by Crippen LogP contribution is 2.24. The van der Waals surface area contributed by atoms with Crippen LogP contribution in [0.2, 0.25) is 0 Å². The van der Waals surface area contributed by atoms with Crippen molar-refractivity contribution in [1.29, 1.82) is 5.26 Å². The SMILES string of the molecule is Cn1cccc1C(=O)NC(C(=O)c1ccc(C#N)c(F)c1)C(C)(C)C. The lowest BCUT2D eigenvalue weighted by atomic mass is 9.82. The van der Waals surface area contributed by atoms with Crippen LogP contribution in [0.5, 0.6) is 0 Å². The number of hydrogen-bond acceptors (Lipinski definition) is 3. The highest BCUT2D eigenvalue weighted by Gasteiger charge is 2.34. The zero-order valence-electron chi connectivity index (χ0n) is 14.6. The van der Waals surface area contributed by atoms with Crippen LogP contribution < -0.4 is 5.32 Å². The first-order chi connectivity index (χ1) is 11.6. The van der Waals surface area contributed by atoms with Gasteiger partial charge in [0.1, 0.15) is 17.6 Å². The molecular formula is C19H20FN3O2. The molecule has 1 unspecified atom stereocenters. The molecule has 1 N–H and O–H groups in total. The number of ketones is 1. The first kappa shape index (κ1) is 18.4. The minimum atomic E-state index is -0.845. The van der Waals surface area contributed by atoms with E-state index in [1.165, 1.54) is 12.1 Å². The molecule has 5 nitrogen and oxygen atoms in total. The summed E-state index contributed by atoms with van der Waals surface area (Å²) in [5, 5.41) is 11.6. The van der Waals surface area contributed by atoms with Crippen LogP contribution in [-0.4, -0.2) is 22.3 Å². The molecule has 0 aliphatic heterocycles. The van der Waals surface area contributed by atoms with Crippen molar-refractivity contribution in [2.45, 2.75) is 26.8 Å². The third-order valence-corrected chi connectivity index (χ3v) is 3.95. The molecule has 25 heavy (non-hydrogen) atoms. The van der Waals surface area contributed by atoms with Gasteiger partial charge in [0.2, 0.25) is 0 Å². The fourth-order valence-corrected chi connectivity index (χ4v) is 2.50. The Morgan fingerprint density at radius 1 is 1.28 bits per heavy atom. The molecule has 1 aromatic heterocycles. The van der Waals surface area contributed by atoms with Gasteiger partial charge in [-0.2, -0.15) is 5.26 Å². The van der Waals surface area contributed by atoms with Gasteiger partial charge in [-0.05, 0) is 35.7 Å². The molecule has 130 valence electrons. The summed E-state index contributed by atoms with van der Waals surface area (Å²) in [5.41, 5.74) is -0.171. The maximum absolute atomic E-state index is 13.8. The lowest BCUT2D eigenvalue weighted by molar-refractivity contribution is 0.0777. The number of rotatable bonds is 4. The Morgan fingerprint density at radius 3 is 2.44 bits per heavy atom. The molecule has 0 radical (unpaired) electrons. The number of hydrogen-bond donors (Lipinski definition) is 1. The average Bonchev–Trinajstić information content (AvgIpc) is 2.96. The van der Waals surface area contributed by atoms with E-state index in [2.05, 4.69) is 5.32 Å². The zero-order valence-corrected chi connectivity index (χ0v) is 14.6. The molecule has 0 saturated carbocycles. The summed E-state index contributed by atoms with van der Waals surface area (Å²) in [4.78, 5) is 25.3. The maximum Gasteiger partial charge on any atom is 0.268 e.